The Balaban J connectivity index is 0.00000144. The van der Waals surface area contributed by atoms with E-state index in [1.165, 1.54) is 37.7 Å². The van der Waals surface area contributed by atoms with Crippen LogP contribution in [0.1, 0.15) is 44.6 Å². The van der Waals surface area contributed by atoms with Gasteiger partial charge in [0.15, 0.2) is 0 Å². The summed E-state index contributed by atoms with van der Waals surface area (Å²) in [4.78, 5) is 0. The molecule has 1 fully saturated rings. The third-order valence-corrected chi connectivity index (χ3v) is 4.19. The van der Waals surface area contributed by atoms with E-state index in [1.807, 2.05) is 0 Å². The van der Waals surface area contributed by atoms with Crippen molar-refractivity contribution in [2.75, 3.05) is 7.05 Å². The van der Waals surface area contributed by atoms with Crippen LogP contribution in [-0.4, -0.2) is 13.1 Å². The van der Waals surface area contributed by atoms with Crippen LogP contribution >= 0.6 is 12.4 Å². The summed E-state index contributed by atoms with van der Waals surface area (Å²) in [5.41, 5.74) is 1.96. The number of benzene rings is 1. The molecule has 0 bridgehead atoms. The van der Waals surface area contributed by atoms with E-state index in [0.29, 0.717) is 11.5 Å². The molecule has 1 aliphatic carbocycles. The highest BCUT2D eigenvalue weighted by molar-refractivity contribution is 5.85. The summed E-state index contributed by atoms with van der Waals surface area (Å²) >= 11 is 0. The molecule has 2 heteroatoms. The molecular formula is C15H24ClN. The molecule has 1 saturated carbocycles. The SMILES string of the molecule is CCCC(NC)C1(c2ccccc2)CCC1.Cl. The van der Waals surface area contributed by atoms with Crippen molar-refractivity contribution in [2.24, 2.45) is 0 Å². The third kappa shape index (κ3) is 2.66. The predicted octanol–water partition coefficient (Wildman–Crippen LogP) is 3.92. The van der Waals surface area contributed by atoms with Gasteiger partial charge in [-0.15, -0.1) is 12.4 Å². The maximum atomic E-state index is 3.54. The highest BCUT2D eigenvalue weighted by Crippen LogP contribution is 2.47. The Hall–Kier alpha value is -0.530. The maximum absolute atomic E-state index is 3.54. The van der Waals surface area contributed by atoms with Crippen molar-refractivity contribution in [3.63, 3.8) is 0 Å². The van der Waals surface area contributed by atoms with Crippen LogP contribution in [0.25, 0.3) is 0 Å². The molecule has 0 radical (unpaired) electrons. The summed E-state index contributed by atoms with van der Waals surface area (Å²) in [5.74, 6) is 0. The lowest BCUT2D eigenvalue weighted by molar-refractivity contribution is 0.167. The Morgan fingerprint density at radius 1 is 1.24 bits per heavy atom. The van der Waals surface area contributed by atoms with E-state index in [2.05, 4.69) is 49.6 Å². The molecule has 1 unspecified atom stereocenters. The van der Waals surface area contributed by atoms with Crippen molar-refractivity contribution in [1.29, 1.82) is 0 Å². The monoisotopic (exact) mass is 253 g/mol. The van der Waals surface area contributed by atoms with Gasteiger partial charge in [0.25, 0.3) is 0 Å². The number of rotatable bonds is 5. The number of hydrogen-bond donors (Lipinski definition) is 1. The average Bonchev–Trinajstić information content (AvgIpc) is 2.28. The topological polar surface area (TPSA) is 12.0 Å². The molecule has 0 aliphatic heterocycles. The lowest BCUT2D eigenvalue weighted by Crippen LogP contribution is -2.51. The Morgan fingerprint density at radius 2 is 1.88 bits per heavy atom. The van der Waals surface area contributed by atoms with Crippen molar-refractivity contribution in [3.05, 3.63) is 35.9 Å². The summed E-state index contributed by atoms with van der Waals surface area (Å²) in [5, 5.41) is 3.54. The molecule has 1 aliphatic rings. The third-order valence-electron chi connectivity index (χ3n) is 4.19. The molecule has 1 N–H and O–H groups in total. The van der Waals surface area contributed by atoms with Gasteiger partial charge in [-0.05, 0) is 31.9 Å². The molecule has 0 aromatic heterocycles. The van der Waals surface area contributed by atoms with E-state index < -0.39 is 0 Å². The van der Waals surface area contributed by atoms with E-state index in [9.17, 15) is 0 Å². The Morgan fingerprint density at radius 3 is 2.29 bits per heavy atom. The van der Waals surface area contributed by atoms with E-state index in [1.54, 1.807) is 0 Å². The molecule has 1 aromatic carbocycles. The number of halogens is 1. The minimum atomic E-state index is 0. The molecule has 0 spiro atoms. The second kappa shape index (κ2) is 6.42. The Kier molecular flexibility index (Phi) is 5.48. The van der Waals surface area contributed by atoms with Crippen molar-refractivity contribution >= 4 is 12.4 Å². The van der Waals surface area contributed by atoms with Crippen molar-refractivity contribution in [2.45, 2.75) is 50.5 Å². The van der Waals surface area contributed by atoms with E-state index in [0.717, 1.165) is 0 Å². The minimum Gasteiger partial charge on any atom is -0.316 e. The van der Waals surface area contributed by atoms with Crippen molar-refractivity contribution in [1.82, 2.24) is 5.32 Å². The Labute approximate surface area is 111 Å². The first-order valence-electron chi connectivity index (χ1n) is 6.56. The van der Waals surface area contributed by atoms with Gasteiger partial charge < -0.3 is 5.32 Å². The fourth-order valence-electron chi connectivity index (χ4n) is 3.15. The van der Waals surface area contributed by atoms with Crippen LogP contribution in [-0.2, 0) is 5.41 Å². The van der Waals surface area contributed by atoms with E-state index in [-0.39, 0.29) is 12.4 Å². The minimum absolute atomic E-state index is 0. The first kappa shape index (κ1) is 14.5. The molecular weight excluding hydrogens is 230 g/mol. The molecule has 1 atom stereocenters. The number of nitrogens with one attached hydrogen (secondary N) is 1. The van der Waals surface area contributed by atoms with Gasteiger partial charge in [-0.1, -0.05) is 50.1 Å². The standard InChI is InChI=1S/C15H23N.ClH/c1-3-8-14(16-2)15(11-7-12-15)13-9-5-4-6-10-13;/h4-6,9-10,14,16H,3,7-8,11-12H2,1-2H3;1H. The molecule has 96 valence electrons. The van der Waals surface area contributed by atoms with Crippen LogP contribution in [0.15, 0.2) is 30.3 Å². The van der Waals surface area contributed by atoms with Gasteiger partial charge >= 0.3 is 0 Å². The second-order valence-electron chi connectivity index (χ2n) is 5.01. The van der Waals surface area contributed by atoms with Crippen molar-refractivity contribution in [3.8, 4) is 0 Å². The molecule has 17 heavy (non-hydrogen) atoms. The van der Waals surface area contributed by atoms with Crippen LogP contribution in [0.3, 0.4) is 0 Å². The number of likely N-dealkylation sites (N-methyl/N-ethyl adjacent to an activating group) is 1. The fraction of sp³-hybridized carbons (Fsp3) is 0.600. The van der Waals surface area contributed by atoms with E-state index in [4.69, 9.17) is 0 Å². The first-order valence-corrected chi connectivity index (χ1v) is 6.56. The molecule has 0 heterocycles. The normalized spacial score (nSPS) is 18.9. The van der Waals surface area contributed by atoms with Gasteiger partial charge in [0.1, 0.15) is 0 Å². The predicted molar refractivity (Wildman–Crippen MR) is 77.0 cm³/mol. The van der Waals surface area contributed by atoms with Gasteiger partial charge in [-0.3, -0.25) is 0 Å². The van der Waals surface area contributed by atoms with Gasteiger partial charge in [-0.25, -0.2) is 0 Å². The Bertz CT molecular complexity index is 319. The zero-order chi connectivity index (χ0) is 11.4. The lowest BCUT2D eigenvalue weighted by atomic mass is 9.59. The fourth-order valence-corrected chi connectivity index (χ4v) is 3.15. The largest absolute Gasteiger partial charge is 0.316 e. The number of hydrogen-bond acceptors (Lipinski definition) is 1. The zero-order valence-corrected chi connectivity index (χ0v) is 11.7. The molecule has 0 saturated heterocycles. The van der Waals surface area contributed by atoms with Gasteiger partial charge in [-0.2, -0.15) is 0 Å². The lowest BCUT2D eigenvalue weighted by Gasteiger charge is -2.48. The molecule has 2 rings (SSSR count). The van der Waals surface area contributed by atoms with Crippen LogP contribution in [0.5, 0.6) is 0 Å². The zero-order valence-electron chi connectivity index (χ0n) is 10.9. The first-order chi connectivity index (χ1) is 7.83. The highest BCUT2D eigenvalue weighted by atomic mass is 35.5. The van der Waals surface area contributed by atoms with Gasteiger partial charge in [0.2, 0.25) is 0 Å². The van der Waals surface area contributed by atoms with Crippen LogP contribution in [0, 0.1) is 0 Å². The van der Waals surface area contributed by atoms with Crippen LogP contribution < -0.4 is 5.32 Å². The van der Waals surface area contributed by atoms with Gasteiger partial charge in [0.05, 0.1) is 0 Å². The summed E-state index contributed by atoms with van der Waals surface area (Å²) in [6.45, 7) is 2.28. The summed E-state index contributed by atoms with van der Waals surface area (Å²) in [6.07, 6.45) is 6.63. The molecule has 1 nitrogen and oxygen atoms in total. The van der Waals surface area contributed by atoms with Crippen LogP contribution in [0.2, 0.25) is 0 Å². The smallest absolute Gasteiger partial charge is 0.0161 e. The van der Waals surface area contributed by atoms with Gasteiger partial charge in [0, 0.05) is 11.5 Å². The van der Waals surface area contributed by atoms with Crippen LogP contribution in [0.4, 0.5) is 0 Å². The maximum Gasteiger partial charge on any atom is 0.0161 e. The van der Waals surface area contributed by atoms with Crippen molar-refractivity contribution < 1.29 is 0 Å². The second-order valence-corrected chi connectivity index (χ2v) is 5.01. The average molecular weight is 254 g/mol. The molecule has 0 amide bonds. The summed E-state index contributed by atoms with van der Waals surface area (Å²) in [7, 11) is 2.11. The van der Waals surface area contributed by atoms with E-state index >= 15 is 0 Å². The molecule has 1 aromatic rings. The summed E-state index contributed by atoms with van der Waals surface area (Å²) in [6, 6.07) is 11.7. The summed E-state index contributed by atoms with van der Waals surface area (Å²) < 4.78 is 0. The highest BCUT2D eigenvalue weighted by Gasteiger charge is 2.44. The quantitative estimate of drug-likeness (QED) is 0.839.